The van der Waals surface area contributed by atoms with Gasteiger partial charge in [0.2, 0.25) is 5.95 Å². The van der Waals surface area contributed by atoms with Gasteiger partial charge in [0.25, 0.3) is 0 Å². The second-order valence-electron chi connectivity index (χ2n) is 5.18. The second kappa shape index (κ2) is 7.41. The summed E-state index contributed by atoms with van der Waals surface area (Å²) in [5.41, 5.74) is -0.610. The molecule has 1 aromatic heterocycles. The lowest BCUT2D eigenvalue weighted by Crippen LogP contribution is -2.44. The maximum atomic E-state index is 11.7. The van der Waals surface area contributed by atoms with Gasteiger partial charge in [-0.3, -0.25) is 0 Å². The van der Waals surface area contributed by atoms with E-state index in [1.54, 1.807) is 26.8 Å². The van der Waals surface area contributed by atoms with E-state index in [1.165, 1.54) is 19.5 Å². The van der Waals surface area contributed by atoms with Crippen molar-refractivity contribution in [3.8, 4) is 0 Å². The summed E-state index contributed by atoms with van der Waals surface area (Å²) < 4.78 is 9.76. The minimum Gasteiger partial charge on any atom is -0.467 e. The topological polar surface area (TPSA) is 102 Å². The molecule has 0 radical (unpaired) electrons. The number of hydrogen-bond donors (Lipinski definition) is 2. The summed E-state index contributed by atoms with van der Waals surface area (Å²) in [6.45, 7) is 5.24. The van der Waals surface area contributed by atoms with E-state index in [2.05, 4.69) is 25.3 Å². The van der Waals surface area contributed by atoms with Crippen LogP contribution in [-0.4, -0.2) is 47.3 Å². The van der Waals surface area contributed by atoms with Crippen molar-refractivity contribution in [2.45, 2.75) is 32.4 Å². The number of amides is 1. The first-order chi connectivity index (χ1) is 9.81. The van der Waals surface area contributed by atoms with Crippen LogP contribution in [0.15, 0.2) is 18.5 Å². The highest BCUT2D eigenvalue weighted by Crippen LogP contribution is 2.06. The molecule has 0 spiro atoms. The number of nitrogens with zero attached hydrogens (tertiary/aromatic N) is 2. The Labute approximate surface area is 123 Å². The summed E-state index contributed by atoms with van der Waals surface area (Å²) in [7, 11) is 1.26. The molecule has 1 amide bonds. The standard InChI is InChI=1S/C13H20N4O4/c1-13(2,3)21-12(19)16-8-9(10(18)20-4)17-11-14-6-5-7-15-11/h5-7,9H,8H2,1-4H3,(H,16,19)(H,14,15,17). The van der Waals surface area contributed by atoms with Gasteiger partial charge >= 0.3 is 12.1 Å². The van der Waals surface area contributed by atoms with Crippen LogP contribution in [0.1, 0.15) is 20.8 Å². The summed E-state index contributed by atoms with van der Waals surface area (Å²) in [4.78, 5) is 31.2. The zero-order valence-corrected chi connectivity index (χ0v) is 12.5. The largest absolute Gasteiger partial charge is 0.467 e. The van der Waals surface area contributed by atoms with Gasteiger partial charge in [0.05, 0.1) is 13.7 Å². The lowest BCUT2D eigenvalue weighted by molar-refractivity contribution is -0.141. The smallest absolute Gasteiger partial charge is 0.407 e. The molecule has 0 aliphatic carbocycles. The molecule has 0 aromatic carbocycles. The molecule has 8 nitrogen and oxygen atoms in total. The summed E-state index contributed by atoms with van der Waals surface area (Å²) in [6, 6.07) is 0.835. The molecular weight excluding hydrogens is 276 g/mol. The fraction of sp³-hybridized carbons (Fsp3) is 0.538. The zero-order chi connectivity index (χ0) is 15.9. The van der Waals surface area contributed by atoms with Crippen molar-refractivity contribution in [3.63, 3.8) is 0 Å². The highest BCUT2D eigenvalue weighted by Gasteiger charge is 2.22. The Kier molecular flexibility index (Phi) is 5.89. The maximum Gasteiger partial charge on any atom is 0.407 e. The average molecular weight is 296 g/mol. The maximum absolute atomic E-state index is 11.7. The van der Waals surface area contributed by atoms with Crippen molar-refractivity contribution in [1.29, 1.82) is 0 Å². The normalized spacial score (nSPS) is 12.2. The third-order valence-corrected chi connectivity index (χ3v) is 2.20. The fourth-order valence-corrected chi connectivity index (χ4v) is 1.36. The van der Waals surface area contributed by atoms with Gasteiger partial charge in [0, 0.05) is 12.4 Å². The van der Waals surface area contributed by atoms with Crippen LogP contribution in [0, 0.1) is 0 Å². The van der Waals surface area contributed by atoms with E-state index in [0.29, 0.717) is 0 Å². The molecule has 0 aliphatic heterocycles. The molecule has 0 saturated carbocycles. The molecule has 21 heavy (non-hydrogen) atoms. The van der Waals surface area contributed by atoms with Gasteiger partial charge in [-0.05, 0) is 26.8 Å². The first kappa shape index (κ1) is 16.7. The Bertz CT molecular complexity index is 473. The van der Waals surface area contributed by atoms with Gasteiger partial charge in [0.15, 0.2) is 0 Å². The predicted octanol–water partition coefficient (Wildman–Crippen LogP) is 0.955. The third-order valence-electron chi connectivity index (χ3n) is 2.20. The predicted molar refractivity (Wildman–Crippen MR) is 75.7 cm³/mol. The van der Waals surface area contributed by atoms with E-state index in [1.807, 2.05) is 0 Å². The van der Waals surface area contributed by atoms with Crippen molar-refractivity contribution < 1.29 is 19.1 Å². The quantitative estimate of drug-likeness (QED) is 0.780. The Morgan fingerprint density at radius 2 is 1.90 bits per heavy atom. The van der Waals surface area contributed by atoms with Crippen molar-refractivity contribution in [1.82, 2.24) is 15.3 Å². The third kappa shape index (κ3) is 6.55. The van der Waals surface area contributed by atoms with Crippen molar-refractivity contribution >= 4 is 18.0 Å². The van der Waals surface area contributed by atoms with Crippen molar-refractivity contribution in [3.05, 3.63) is 18.5 Å². The number of nitrogens with one attached hydrogen (secondary N) is 2. The van der Waals surface area contributed by atoms with Crippen LogP contribution < -0.4 is 10.6 Å². The molecular formula is C13H20N4O4. The highest BCUT2D eigenvalue weighted by atomic mass is 16.6. The minimum absolute atomic E-state index is 0.0140. The molecule has 0 aliphatic rings. The second-order valence-corrected chi connectivity index (χ2v) is 5.18. The van der Waals surface area contributed by atoms with Gasteiger partial charge < -0.3 is 20.1 Å². The number of carbonyl (C=O) groups is 2. The molecule has 1 rings (SSSR count). The number of methoxy groups -OCH3 is 1. The molecule has 1 unspecified atom stereocenters. The van der Waals surface area contributed by atoms with E-state index >= 15 is 0 Å². The number of anilines is 1. The van der Waals surface area contributed by atoms with E-state index < -0.39 is 23.7 Å². The molecule has 0 fully saturated rings. The molecule has 1 atom stereocenters. The number of ether oxygens (including phenoxy) is 2. The Balaban J connectivity index is 2.59. The van der Waals surface area contributed by atoms with E-state index in [0.717, 1.165) is 0 Å². The first-order valence-corrected chi connectivity index (χ1v) is 6.40. The van der Waals surface area contributed by atoms with Crippen molar-refractivity contribution in [2.75, 3.05) is 19.0 Å². The van der Waals surface area contributed by atoms with Gasteiger partial charge in [-0.1, -0.05) is 0 Å². The van der Waals surface area contributed by atoms with Crippen molar-refractivity contribution in [2.24, 2.45) is 0 Å². The lowest BCUT2D eigenvalue weighted by Gasteiger charge is -2.21. The summed E-state index contributed by atoms with van der Waals surface area (Å²) in [5, 5.41) is 5.28. The van der Waals surface area contributed by atoms with Crippen LogP contribution in [-0.2, 0) is 14.3 Å². The van der Waals surface area contributed by atoms with Gasteiger partial charge in [-0.15, -0.1) is 0 Å². The highest BCUT2D eigenvalue weighted by molar-refractivity contribution is 5.79. The average Bonchev–Trinajstić information content (AvgIpc) is 2.41. The van der Waals surface area contributed by atoms with Gasteiger partial charge in [-0.25, -0.2) is 19.6 Å². The summed E-state index contributed by atoms with van der Waals surface area (Å²) in [5.74, 6) is -0.280. The van der Waals surface area contributed by atoms with Gasteiger partial charge in [-0.2, -0.15) is 0 Å². The zero-order valence-electron chi connectivity index (χ0n) is 12.5. The SMILES string of the molecule is COC(=O)C(CNC(=O)OC(C)(C)C)Nc1ncccn1. The number of hydrogen-bond acceptors (Lipinski definition) is 7. The van der Waals surface area contributed by atoms with Gasteiger partial charge in [0.1, 0.15) is 11.6 Å². The summed E-state index contributed by atoms with van der Waals surface area (Å²) in [6.07, 6.45) is 2.45. The van der Waals surface area contributed by atoms with Crippen LogP contribution in [0.25, 0.3) is 0 Å². The van der Waals surface area contributed by atoms with Crippen LogP contribution in [0.3, 0.4) is 0 Å². The first-order valence-electron chi connectivity index (χ1n) is 6.40. The molecule has 1 aromatic rings. The van der Waals surface area contributed by atoms with E-state index in [4.69, 9.17) is 4.74 Å². The van der Waals surface area contributed by atoms with Crippen LogP contribution >= 0.6 is 0 Å². The minimum atomic E-state index is -0.815. The molecule has 8 heteroatoms. The number of alkyl carbamates (subject to hydrolysis) is 1. The lowest BCUT2D eigenvalue weighted by atomic mass is 10.2. The monoisotopic (exact) mass is 296 g/mol. The summed E-state index contributed by atoms with van der Waals surface area (Å²) >= 11 is 0. The molecule has 0 bridgehead atoms. The van der Waals surface area contributed by atoms with Crippen LogP contribution in [0.2, 0.25) is 0 Å². The fourth-order valence-electron chi connectivity index (χ4n) is 1.36. The van der Waals surface area contributed by atoms with Crippen LogP contribution in [0.5, 0.6) is 0 Å². The number of rotatable bonds is 5. The van der Waals surface area contributed by atoms with E-state index in [9.17, 15) is 9.59 Å². The molecule has 2 N–H and O–H groups in total. The number of aromatic nitrogens is 2. The Hall–Kier alpha value is -2.38. The number of carbonyl (C=O) groups excluding carboxylic acids is 2. The molecule has 0 saturated heterocycles. The van der Waals surface area contributed by atoms with Crippen LogP contribution in [0.4, 0.5) is 10.7 Å². The van der Waals surface area contributed by atoms with E-state index in [-0.39, 0.29) is 12.5 Å². The Morgan fingerprint density at radius 1 is 1.29 bits per heavy atom. The molecule has 116 valence electrons. The number of esters is 1. The molecule has 1 heterocycles. The Morgan fingerprint density at radius 3 is 2.43 bits per heavy atom.